The summed E-state index contributed by atoms with van der Waals surface area (Å²) in [6, 6.07) is 21.9. The number of nitrogens with zero attached hydrogens (tertiary/aromatic N) is 1. The summed E-state index contributed by atoms with van der Waals surface area (Å²) < 4.78 is 32.6. The minimum absolute atomic E-state index is 0.110. The first-order chi connectivity index (χ1) is 17.7. The van der Waals surface area contributed by atoms with Gasteiger partial charge in [-0.2, -0.15) is 5.26 Å². The quantitative estimate of drug-likeness (QED) is 0.302. The van der Waals surface area contributed by atoms with Crippen molar-refractivity contribution in [1.82, 2.24) is 10.0 Å². The molecule has 1 saturated heterocycles. The average Bonchev–Trinajstić information content (AvgIpc) is 2.92. The molecular formula is C26H25N3O7S. The number of rotatable bonds is 7. The summed E-state index contributed by atoms with van der Waals surface area (Å²) in [6.07, 6.45) is -6.28. The maximum Gasteiger partial charge on any atom is 0.251 e. The lowest BCUT2D eigenvalue weighted by molar-refractivity contribution is -0.243. The molecule has 3 aromatic rings. The Morgan fingerprint density at radius 3 is 2.27 bits per heavy atom. The predicted molar refractivity (Wildman–Crippen MR) is 132 cm³/mol. The number of ether oxygens (including phenoxy) is 1. The van der Waals surface area contributed by atoms with E-state index in [9.17, 15) is 28.5 Å². The highest BCUT2D eigenvalue weighted by molar-refractivity contribution is 7.89. The average molecular weight is 524 g/mol. The van der Waals surface area contributed by atoms with Gasteiger partial charge in [-0.05, 0) is 47.5 Å². The summed E-state index contributed by atoms with van der Waals surface area (Å²) in [7, 11) is -4.02. The number of benzene rings is 3. The van der Waals surface area contributed by atoms with Crippen LogP contribution in [0.4, 0.5) is 0 Å². The molecule has 37 heavy (non-hydrogen) atoms. The lowest BCUT2D eigenvalue weighted by atomic mass is 9.96. The Hall–Kier alpha value is -3.63. The summed E-state index contributed by atoms with van der Waals surface area (Å²) in [5, 5.41) is 42.9. The lowest BCUT2D eigenvalue weighted by Crippen LogP contribution is -2.65. The van der Waals surface area contributed by atoms with Crippen LogP contribution in [0.25, 0.3) is 11.1 Å². The van der Waals surface area contributed by atoms with E-state index < -0.39 is 53.1 Å². The number of sulfonamides is 1. The van der Waals surface area contributed by atoms with Crippen LogP contribution in [0.5, 0.6) is 0 Å². The van der Waals surface area contributed by atoms with Crippen molar-refractivity contribution in [3.63, 3.8) is 0 Å². The monoisotopic (exact) mass is 523 g/mol. The second kappa shape index (κ2) is 11.2. The number of aliphatic hydroxyl groups excluding tert-OH is 3. The summed E-state index contributed by atoms with van der Waals surface area (Å²) in [5.41, 5.74) is 2.26. The third-order valence-electron chi connectivity index (χ3n) is 6.02. The van der Waals surface area contributed by atoms with Crippen molar-refractivity contribution in [3.8, 4) is 17.2 Å². The van der Waals surface area contributed by atoms with Gasteiger partial charge in [0.05, 0.1) is 16.5 Å². The van der Waals surface area contributed by atoms with Crippen LogP contribution in [0.3, 0.4) is 0 Å². The molecule has 3 aromatic carbocycles. The van der Waals surface area contributed by atoms with Gasteiger partial charge in [0.2, 0.25) is 10.0 Å². The summed E-state index contributed by atoms with van der Waals surface area (Å²) >= 11 is 0. The maximum absolute atomic E-state index is 12.9. The molecule has 1 aliphatic rings. The zero-order valence-electron chi connectivity index (χ0n) is 19.4. The fourth-order valence-electron chi connectivity index (χ4n) is 3.96. The minimum atomic E-state index is -4.02. The van der Waals surface area contributed by atoms with Crippen molar-refractivity contribution in [2.75, 3.05) is 6.54 Å². The molecule has 1 amide bonds. The lowest BCUT2D eigenvalue weighted by Gasteiger charge is -2.41. The zero-order chi connectivity index (χ0) is 26.6. The summed E-state index contributed by atoms with van der Waals surface area (Å²) in [4.78, 5) is 12.7. The molecule has 11 heteroatoms. The van der Waals surface area contributed by atoms with Gasteiger partial charge in [0.1, 0.15) is 24.4 Å². The van der Waals surface area contributed by atoms with Crippen LogP contribution in [0, 0.1) is 11.3 Å². The SMILES string of the molecule is N#Cc1ccc(S(=O)(=O)NC[C@H]2O[C@H](O)[C@H](NC(=O)c3cccc(-c4ccccc4)c3)[C@@H](O)[C@@H]2O)cc1. The Morgan fingerprint density at radius 1 is 0.919 bits per heavy atom. The first kappa shape index (κ1) is 26.4. The molecule has 0 radical (unpaired) electrons. The molecule has 0 bridgehead atoms. The number of nitriles is 1. The fraction of sp³-hybridized carbons (Fsp3) is 0.231. The van der Waals surface area contributed by atoms with E-state index >= 15 is 0 Å². The van der Waals surface area contributed by atoms with Gasteiger partial charge >= 0.3 is 0 Å². The van der Waals surface area contributed by atoms with E-state index in [2.05, 4.69) is 10.0 Å². The Bertz CT molecular complexity index is 1390. The van der Waals surface area contributed by atoms with Crippen molar-refractivity contribution in [2.24, 2.45) is 0 Å². The van der Waals surface area contributed by atoms with E-state index in [1.165, 1.54) is 24.3 Å². The number of hydrogen-bond acceptors (Lipinski definition) is 8. The van der Waals surface area contributed by atoms with Crippen LogP contribution >= 0.6 is 0 Å². The van der Waals surface area contributed by atoms with Crippen LogP contribution in [0.2, 0.25) is 0 Å². The van der Waals surface area contributed by atoms with Gasteiger partial charge in [-0.25, -0.2) is 13.1 Å². The van der Waals surface area contributed by atoms with E-state index in [4.69, 9.17) is 10.00 Å². The topological polar surface area (TPSA) is 169 Å². The Kier molecular flexibility index (Phi) is 7.99. The van der Waals surface area contributed by atoms with Crippen molar-refractivity contribution >= 4 is 15.9 Å². The first-order valence-corrected chi connectivity index (χ1v) is 12.8. The predicted octanol–water partition coefficient (Wildman–Crippen LogP) is 0.741. The normalized spacial score (nSPS) is 23.7. The fourth-order valence-corrected chi connectivity index (χ4v) is 5.00. The van der Waals surface area contributed by atoms with Gasteiger partial charge in [0.15, 0.2) is 6.29 Å². The van der Waals surface area contributed by atoms with Crippen molar-refractivity contribution in [2.45, 2.75) is 35.5 Å². The Balaban J connectivity index is 1.40. The molecule has 0 unspecified atom stereocenters. The van der Waals surface area contributed by atoms with Gasteiger partial charge in [-0.3, -0.25) is 4.79 Å². The van der Waals surface area contributed by atoms with Crippen LogP contribution in [-0.4, -0.2) is 66.8 Å². The number of carbonyl (C=O) groups is 1. The molecule has 0 spiro atoms. The number of aliphatic hydroxyl groups is 3. The van der Waals surface area contributed by atoms with Crippen LogP contribution in [0.1, 0.15) is 15.9 Å². The van der Waals surface area contributed by atoms with E-state index in [0.29, 0.717) is 0 Å². The molecule has 5 atom stereocenters. The van der Waals surface area contributed by atoms with Crippen LogP contribution in [0.15, 0.2) is 83.8 Å². The number of amides is 1. The molecule has 1 aliphatic heterocycles. The molecular weight excluding hydrogens is 498 g/mol. The van der Waals surface area contributed by atoms with Gasteiger partial charge in [-0.15, -0.1) is 0 Å². The number of hydrogen-bond donors (Lipinski definition) is 5. The summed E-state index contributed by atoms with van der Waals surface area (Å²) in [6.45, 7) is -0.461. The smallest absolute Gasteiger partial charge is 0.251 e. The third kappa shape index (κ3) is 6.03. The Morgan fingerprint density at radius 2 is 1.59 bits per heavy atom. The van der Waals surface area contributed by atoms with Gasteiger partial charge < -0.3 is 25.4 Å². The van der Waals surface area contributed by atoms with Crippen molar-refractivity contribution in [1.29, 1.82) is 5.26 Å². The third-order valence-corrected chi connectivity index (χ3v) is 7.46. The van der Waals surface area contributed by atoms with Crippen LogP contribution in [-0.2, 0) is 14.8 Å². The van der Waals surface area contributed by atoms with E-state index in [1.54, 1.807) is 18.2 Å². The molecule has 1 heterocycles. The first-order valence-electron chi connectivity index (χ1n) is 11.4. The van der Waals surface area contributed by atoms with Gasteiger partial charge in [-0.1, -0.05) is 42.5 Å². The second-order valence-corrected chi connectivity index (χ2v) is 10.2. The highest BCUT2D eigenvalue weighted by atomic mass is 32.2. The molecule has 4 rings (SSSR count). The maximum atomic E-state index is 12.9. The van der Waals surface area contributed by atoms with Crippen LogP contribution < -0.4 is 10.0 Å². The molecule has 0 aromatic heterocycles. The molecule has 1 fully saturated rings. The van der Waals surface area contributed by atoms with Gasteiger partial charge in [0.25, 0.3) is 5.91 Å². The largest absolute Gasteiger partial charge is 0.388 e. The number of nitrogens with one attached hydrogen (secondary N) is 2. The molecule has 0 saturated carbocycles. The summed E-state index contributed by atoms with van der Waals surface area (Å²) in [5.74, 6) is -0.600. The van der Waals surface area contributed by atoms with Gasteiger partial charge in [0, 0.05) is 12.1 Å². The second-order valence-electron chi connectivity index (χ2n) is 8.48. The Labute approximate surface area is 213 Å². The van der Waals surface area contributed by atoms with Crippen molar-refractivity contribution < 1.29 is 33.3 Å². The highest BCUT2D eigenvalue weighted by Gasteiger charge is 2.44. The molecule has 192 valence electrons. The standard InChI is InChI=1S/C26H25N3O7S/c27-14-16-9-11-20(12-10-16)37(34,35)28-15-21-23(30)24(31)22(26(33)36-21)29-25(32)19-8-4-7-18(13-19)17-5-2-1-3-6-17/h1-13,21-24,26,28,30-31,33H,15H2,(H,29,32)/t21-,22-,23-,24-,26+/m1/s1. The van der Waals surface area contributed by atoms with E-state index in [-0.39, 0.29) is 16.0 Å². The molecule has 5 N–H and O–H groups in total. The molecule has 0 aliphatic carbocycles. The van der Waals surface area contributed by atoms with E-state index in [1.807, 2.05) is 42.5 Å². The van der Waals surface area contributed by atoms with Crippen molar-refractivity contribution in [3.05, 3.63) is 90.0 Å². The van der Waals surface area contributed by atoms with E-state index in [0.717, 1.165) is 11.1 Å². The number of carbonyl (C=O) groups excluding carboxylic acids is 1. The zero-order valence-corrected chi connectivity index (χ0v) is 20.2. The highest BCUT2D eigenvalue weighted by Crippen LogP contribution is 2.23. The minimum Gasteiger partial charge on any atom is -0.388 e. The molecule has 10 nitrogen and oxygen atoms in total.